The van der Waals surface area contributed by atoms with Crippen LogP contribution in [0, 0.1) is 0 Å². The van der Waals surface area contributed by atoms with E-state index in [0.29, 0.717) is 0 Å². The van der Waals surface area contributed by atoms with Gasteiger partial charge in [0.05, 0.1) is 13.1 Å². The Morgan fingerprint density at radius 3 is 1.57 bits per heavy atom. The van der Waals surface area contributed by atoms with Gasteiger partial charge in [0.15, 0.2) is 0 Å². The van der Waals surface area contributed by atoms with Gasteiger partial charge in [-0.05, 0) is 43.5 Å². The Labute approximate surface area is 129 Å². The van der Waals surface area contributed by atoms with Gasteiger partial charge in [0.1, 0.15) is 11.4 Å². The van der Waals surface area contributed by atoms with E-state index in [-0.39, 0.29) is 0 Å². The molecule has 0 fully saturated rings. The van der Waals surface area contributed by atoms with Crippen LogP contribution in [0.15, 0.2) is 60.7 Å². The monoisotopic (exact) mass is 282 g/mol. The number of benzene rings is 2. The molecule has 0 atom stereocenters. The van der Waals surface area contributed by atoms with Crippen LogP contribution in [0.3, 0.4) is 0 Å². The first-order chi connectivity index (χ1) is 10.3. The summed E-state index contributed by atoms with van der Waals surface area (Å²) in [6.45, 7) is 6.92. The molecular formula is C20H28N+. The minimum Gasteiger partial charge on any atom is -0.259 e. The number of hydrogen-bond donors (Lipinski definition) is 0. The molecule has 0 saturated carbocycles. The summed E-state index contributed by atoms with van der Waals surface area (Å²) in [5.41, 5.74) is 2.84. The maximum atomic E-state index is 2.29. The zero-order chi connectivity index (χ0) is 15.0. The fourth-order valence-corrected chi connectivity index (χ4v) is 3.22. The fourth-order valence-electron chi connectivity index (χ4n) is 3.22. The molecule has 21 heavy (non-hydrogen) atoms. The van der Waals surface area contributed by atoms with Crippen molar-refractivity contribution in [2.75, 3.05) is 13.1 Å². The van der Waals surface area contributed by atoms with E-state index in [4.69, 9.17) is 0 Å². The predicted octanol–water partition coefficient (Wildman–Crippen LogP) is 5.93. The van der Waals surface area contributed by atoms with E-state index in [1.165, 1.54) is 43.6 Å². The van der Waals surface area contributed by atoms with Crippen molar-refractivity contribution in [3.05, 3.63) is 60.7 Å². The normalized spacial score (nSPS) is 11.5. The standard InChI is InChI=1S/C20H28N/c1-3-5-12-18-21(17-4-2,19-13-8-6-9-14-19)20-15-10-7-11-16-20/h6-11,13-16H,3-5,12,17-18H2,1-2H3/q+1. The van der Waals surface area contributed by atoms with Crippen LogP contribution in [-0.2, 0) is 0 Å². The number of quaternary nitrogens is 1. The van der Waals surface area contributed by atoms with Gasteiger partial charge in [-0.15, -0.1) is 0 Å². The molecule has 0 heterocycles. The lowest BCUT2D eigenvalue weighted by Crippen LogP contribution is -2.45. The average Bonchev–Trinajstić information content (AvgIpc) is 2.56. The Bertz CT molecular complexity index is 464. The third kappa shape index (κ3) is 3.74. The van der Waals surface area contributed by atoms with Gasteiger partial charge in [-0.2, -0.15) is 0 Å². The highest BCUT2D eigenvalue weighted by molar-refractivity contribution is 5.58. The van der Waals surface area contributed by atoms with Gasteiger partial charge in [0, 0.05) is 0 Å². The van der Waals surface area contributed by atoms with E-state index >= 15 is 0 Å². The van der Waals surface area contributed by atoms with E-state index in [1.54, 1.807) is 0 Å². The van der Waals surface area contributed by atoms with Crippen molar-refractivity contribution in [3.8, 4) is 0 Å². The molecule has 2 rings (SSSR count). The second-order valence-electron chi connectivity index (χ2n) is 5.79. The summed E-state index contributed by atoms with van der Waals surface area (Å²) in [7, 11) is 0. The van der Waals surface area contributed by atoms with E-state index < -0.39 is 0 Å². The Morgan fingerprint density at radius 1 is 0.619 bits per heavy atom. The first kappa shape index (κ1) is 15.8. The molecular weight excluding hydrogens is 254 g/mol. The molecule has 1 nitrogen and oxygen atoms in total. The van der Waals surface area contributed by atoms with Gasteiger partial charge in [-0.1, -0.05) is 56.7 Å². The molecule has 0 aliphatic rings. The molecule has 0 amide bonds. The maximum Gasteiger partial charge on any atom is 0.137 e. The first-order valence-corrected chi connectivity index (χ1v) is 8.32. The van der Waals surface area contributed by atoms with Crippen molar-refractivity contribution >= 4 is 11.4 Å². The van der Waals surface area contributed by atoms with Gasteiger partial charge in [0.25, 0.3) is 0 Å². The van der Waals surface area contributed by atoms with Crippen LogP contribution < -0.4 is 4.48 Å². The van der Waals surface area contributed by atoms with Crippen molar-refractivity contribution in [2.24, 2.45) is 0 Å². The molecule has 2 aromatic carbocycles. The Balaban J connectivity index is 2.44. The van der Waals surface area contributed by atoms with Gasteiger partial charge in [-0.25, -0.2) is 0 Å². The molecule has 2 aromatic rings. The Morgan fingerprint density at radius 2 is 1.14 bits per heavy atom. The lowest BCUT2D eigenvalue weighted by molar-refractivity contribution is 0.368. The molecule has 0 unspecified atom stereocenters. The number of unbranched alkanes of at least 4 members (excludes halogenated alkanes) is 2. The number of para-hydroxylation sites is 2. The van der Waals surface area contributed by atoms with Crippen molar-refractivity contribution in [3.63, 3.8) is 0 Å². The summed E-state index contributed by atoms with van der Waals surface area (Å²) in [4.78, 5) is 0. The average molecular weight is 282 g/mol. The van der Waals surface area contributed by atoms with Crippen LogP contribution in [0.2, 0.25) is 0 Å². The molecule has 0 radical (unpaired) electrons. The summed E-state index contributed by atoms with van der Waals surface area (Å²) >= 11 is 0. The van der Waals surface area contributed by atoms with Crippen LogP contribution in [0.4, 0.5) is 11.4 Å². The predicted molar refractivity (Wildman–Crippen MR) is 93.9 cm³/mol. The summed E-state index contributed by atoms with van der Waals surface area (Å²) in [5, 5.41) is 0. The smallest absolute Gasteiger partial charge is 0.137 e. The zero-order valence-electron chi connectivity index (χ0n) is 13.5. The van der Waals surface area contributed by atoms with Crippen LogP contribution in [0.5, 0.6) is 0 Å². The Kier molecular flexibility index (Phi) is 6.01. The lowest BCUT2D eigenvalue weighted by atomic mass is 10.1. The lowest BCUT2D eigenvalue weighted by Gasteiger charge is -2.38. The molecule has 0 aromatic heterocycles. The van der Waals surface area contributed by atoms with Crippen LogP contribution >= 0.6 is 0 Å². The van der Waals surface area contributed by atoms with Crippen molar-refractivity contribution < 1.29 is 0 Å². The number of hydrogen-bond acceptors (Lipinski definition) is 0. The van der Waals surface area contributed by atoms with E-state index in [0.717, 1.165) is 11.0 Å². The van der Waals surface area contributed by atoms with Gasteiger partial charge in [-0.3, -0.25) is 4.48 Å². The zero-order valence-corrected chi connectivity index (χ0v) is 13.5. The molecule has 0 aliphatic heterocycles. The number of nitrogens with zero attached hydrogens (tertiary/aromatic N) is 1. The first-order valence-electron chi connectivity index (χ1n) is 8.32. The largest absolute Gasteiger partial charge is 0.259 e. The summed E-state index contributed by atoms with van der Waals surface area (Å²) in [6.07, 6.45) is 5.05. The fraction of sp³-hybridized carbons (Fsp3) is 0.400. The quantitative estimate of drug-likeness (QED) is 0.416. The van der Waals surface area contributed by atoms with Crippen molar-refractivity contribution in [2.45, 2.75) is 39.5 Å². The molecule has 0 spiro atoms. The molecule has 0 N–H and O–H groups in total. The van der Waals surface area contributed by atoms with Crippen LogP contribution in [-0.4, -0.2) is 13.1 Å². The molecule has 0 bridgehead atoms. The Hall–Kier alpha value is -1.60. The van der Waals surface area contributed by atoms with Gasteiger partial charge in [0.2, 0.25) is 0 Å². The molecule has 0 saturated heterocycles. The minimum atomic E-state index is 0.984. The molecule has 0 aliphatic carbocycles. The minimum absolute atomic E-state index is 0.984. The maximum absolute atomic E-state index is 2.29. The van der Waals surface area contributed by atoms with Crippen LogP contribution in [0.25, 0.3) is 0 Å². The van der Waals surface area contributed by atoms with Crippen molar-refractivity contribution in [1.29, 1.82) is 0 Å². The van der Waals surface area contributed by atoms with Gasteiger partial charge >= 0.3 is 0 Å². The topological polar surface area (TPSA) is 0 Å². The second kappa shape index (κ2) is 7.99. The summed E-state index contributed by atoms with van der Waals surface area (Å²) in [6, 6.07) is 22.0. The third-order valence-electron chi connectivity index (χ3n) is 4.25. The SMILES string of the molecule is CCCCC[N+](CCC)(c1ccccc1)c1ccccc1. The van der Waals surface area contributed by atoms with Crippen LogP contribution in [0.1, 0.15) is 39.5 Å². The highest BCUT2D eigenvalue weighted by Gasteiger charge is 2.31. The number of rotatable bonds is 8. The second-order valence-corrected chi connectivity index (χ2v) is 5.79. The third-order valence-corrected chi connectivity index (χ3v) is 4.25. The van der Waals surface area contributed by atoms with E-state index in [1.807, 2.05) is 0 Å². The van der Waals surface area contributed by atoms with E-state index in [2.05, 4.69) is 74.5 Å². The summed E-state index contributed by atoms with van der Waals surface area (Å²) in [5.74, 6) is 0. The molecule has 112 valence electrons. The van der Waals surface area contributed by atoms with Crippen molar-refractivity contribution in [1.82, 2.24) is 4.48 Å². The van der Waals surface area contributed by atoms with E-state index in [9.17, 15) is 0 Å². The summed E-state index contributed by atoms with van der Waals surface area (Å²) < 4.78 is 0.984. The van der Waals surface area contributed by atoms with Gasteiger partial charge < -0.3 is 0 Å². The molecule has 1 heteroatoms. The highest BCUT2D eigenvalue weighted by Crippen LogP contribution is 2.35. The highest BCUT2D eigenvalue weighted by atomic mass is 15.4.